The lowest BCUT2D eigenvalue weighted by Gasteiger charge is -2.26. The minimum atomic E-state index is -4.40. The van der Waals surface area contributed by atoms with Crippen molar-refractivity contribution in [1.82, 2.24) is 10.3 Å². The van der Waals surface area contributed by atoms with E-state index in [1.807, 2.05) is 18.2 Å². The average molecular weight is 470 g/mol. The quantitative estimate of drug-likeness (QED) is 0.474. The average Bonchev–Trinajstić information content (AvgIpc) is 2.80. The van der Waals surface area contributed by atoms with Crippen LogP contribution in [0.3, 0.4) is 0 Å². The number of dihydropyridines is 1. The van der Waals surface area contributed by atoms with E-state index in [0.29, 0.717) is 11.5 Å². The summed E-state index contributed by atoms with van der Waals surface area (Å²) in [6.07, 6.45) is 4.69. The molecule has 8 heteroatoms. The fourth-order valence-electron chi connectivity index (χ4n) is 4.25. The van der Waals surface area contributed by atoms with Gasteiger partial charge in [0.15, 0.2) is 0 Å². The van der Waals surface area contributed by atoms with Gasteiger partial charge in [-0.1, -0.05) is 30.3 Å². The van der Waals surface area contributed by atoms with Gasteiger partial charge in [0.2, 0.25) is 0 Å². The number of aromatic nitrogens is 1. The summed E-state index contributed by atoms with van der Waals surface area (Å²) in [6.45, 7) is 1.65. The van der Waals surface area contributed by atoms with Gasteiger partial charge in [0.25, 0.3) is 0 Å². The van der Waals surface area contributed by atoms with Gasteiger partial charge in [-0.25, -0.2) is 4.98 Å². The monoisotopic (exact) mass is 469 g/mol. The fraction of sp³-hybridized carbons (Fsp3) is 0.308. The molecule has 0 spiro atoms. The molecule has 3 N–H and O–H groups in total. The second-order valence-corrected chi connectivity index (χ2v) is 8.67. The van der Waals surface area contributed by atoms with Crippen molar-refractivity contribution in [3.8, 4) is 11.1 Å². The van der Waals surface area contributed by atoms with Crippen LogP contribution in [0.2, 0.25) is 0 Å². The minimum absolute atomic E-state index is 0.213. The summed E-state index contributed by atoms with van der Waals surface area (Å²) < 4.78 is 38.5. The van der Waals surface area contributed by atoms with Crippen LogP contribution in [-0.4, -0.2) is 28.3 Å². The smallest absolute Gasteiger partial charge is 0.430 e. The Bertz CT molecular complexity index is 1130. The van der Waals surface area contributed by atoms with Gasteiger partial charge >= 0.3 is 12.1 Å². The summed E-state index contributed by atoms with van der Waals surface area (Å²) in [5, 5.41) is 14.5. The number of nitrogens with one attached hydrogen (secondary N) is 2. The molecular weight excluding hydrogens is 443 g/mol. The van der Waals surface area contributed by atoms with E-state index in [-0.39, 0.29) is 12.3 Å². The molecule has 2 atom stereocenters. The van der Waals surface area contributed by atoms with Crippen LogP contribution >= 0.6 is 0 Å². The van der Waals surface area contributed by atoms with Crippen LogP contribution in [0.5, 0.6) is 0 Å². The van der Waals surface area contributed by atoms with Crippen molar-refractivity contribution in [1.29, 1.82) is 0 Å². The third-order valence-corrected chi connectivity index (χ3v) is 6.18. The molecule has 178 valence electrons. The molecule has 1 aliphatic heterocycles. The molecule has 1 aromatic heterocycles. The van der Waals surface area contributed by atoms with E-state index in [0.717, 1.165) is 42.0 Å². The number of carbonyl (C=O) groups is 1. The molecule has 2 aromatic rings. The van der Waals surface area contributed by atoms with Crippen molar-refractivity contribution in [3.63, 3.8) is 0 Å². The first kappa shape index (κ1) is 23.6. The van der Waals surface area contributed by atoms with E-state index >= 15 is 0 Å². The molecule has 1 aromatic carbocycles. The predicted octanol–water partition coefficient (Wildman–Crippen LogP) is 6.14. The number of halogens is 3. The molecule has 0 bridgehead atoms. The Kier molecular flexibility index (Phi) is 6.77. The van der Waals surface area contributed by atoms with Gasteiger partial charge in [0, 0.05) is 23.9 Å². The van der Waals surface area contributed by atoms with Gasteiger partial charge < -0.3 is 15.7 Å². The maximum atomic E-state index is 12.8. The Labute approximate surface area is 196 Å². The van der Waals surface area contributed by atoms with Gasteiger partial charge in [-0.3, -0.25) is 4.79 Å². The highest BCUT2D eigenvalue weighted by molar-refractivity contribution is 5.72. The first-order valence-corrected chi connectivity index (χ1v) is 11.2. The standard InChI is InChI=1S/C26H26F3N3O2/c1-16-22(11-12-23(31-16)26(27,28)29)32-24-13-10-21(15-30-24)20-8-6-19(7-9-20)18-4-2-17(3-5-18)14-25(33)34/h4,6-13,15-17,31H,2-3,5,14H2,1H3,(H,30,32)(H,33,34)/t16?,17-/m1/s1. The maximum absolute atomic E-state index is 12.8. The predicted molar refractivity (Wildman–Crippen MR) is 126 cm³/mol. The van der Waals surface area contributed by atoms with Crippen LogP contribution in [0.15, 0.2) is 72.2 Å². The maximum Gasteiger partial charge on any atom is 0.430 e. The minimum Gasteiger partial charge on any atom is -0.481 e. The number of pyridine rings is 1. The number of hydrogen-bond donors (Lipinski definition) is 3. The Balaban J connectivity index is 1.40. The fourth-order valence-corrected chi connectivity index (χ4v) is 4.25. The van der Waals surface area contributed by atoms with Crippen molar-refractivity contribution < 1.29 is 23.1 Å². The zero-order chi connectivity index (χ0) is 24.3. The molecule has 4 rings (SSSR count). The molecule has 0 saturated heterocycles. The van der Waals surface area contributed by atoms with Crippen molar-refractivity contribution in [2.75, 3.05) is 5.32 Å². The van der Waals surface area contributed by atoms with Crippen LogP contribution in [0, 0.1) is 5.92 Å². The van der Waals surface area contributed by atoms with Gasteiger partial charge in [0.1, 0.15) is 11.5 Å². The highest BCUT2D eigenvalue weighted by atomic mass is 19.4. The van der Waals surface area contributed by atoms with Crippen LogP contribution in [0.25, 0.3) is 16.7 Å². The Morgan fingerprint density at radius 3 is 2.38 bits per heavy atom. The van der Waals surface area contributed by atoms with Crippen LogP contribution < -0.4 is 10.6 Å². The van der Waals surface area contributed by atoms with Crippen LogP contribution in [-0.2, 0) is 4.79 Å². The Morgan fingerprint density at radius 1 is 1.12 bits per heavy atom. The number of carboxylic acids is 1. The van der Waals surface area contributed by atoms with Crippen LogP contribution in [0.4, 0.5) is 19.0 Å². The summed E-state index contributed by atoms with van der Waals surface area (Å²) in [7, 11) is 0. The summed E-state index contributed by atoms with van der Waals surface area (Å²) in [5.74, 6) is 0.0204. The van der Waals surface area contributed by atoms with Crippen LogP contribution in [0.1, 0.15) is 38.2 Å². The summed E-state index contributed by atoms with van der Waals surface area (Å²) >= 11 is 0. The summed E-state index contributed by atoms with van der Waals surface area (Å²) in [6, 6.07) is 11.4. The van der Waals surface area contributed by atoms with E-state index in [4.69, 9.17) is 5.11 Å². The number of benzene rings is 1. The van der Waals surface area contributed by atoms with E-state index in [9.17, 15) is 18.0 Å². The molecule has 1 unspecified atom stereocenters. The van der Waals surface area contributed by atoms with Gasteiger partial charge in [0.05, 0.1) is 6.04 Å². The number of nitrogens with zero attached hydrogens (tertiary/aromatic N) is 1. The summed E-state index contributed by atoms with van der Waals surface area (Å²) in [5.41, 5.74) is 4.16. The zero-order valence-electron chi connectivity index (χ0n) is 18.7. The molecule has 0 fully saturated rings. The largest absolute Gasteiger partial charge is 0.481 e. The molecule has 2 heterocycles. The lowest BCUT2D eigenvalue weighted by molar-refractivity contribution is -0.138. The Hall–Kier alpha value is -3.55. The molecule has 0 amide bonds. The molecule has 34 heavy (non-hydrogen) atoms. The number of carboxylic acid groups (broad SMARTS) is 1. The normalized spacial score (nSPS) is 20.5. The number of aliphatic carboxylic acids is 1. The number of rotatable bonds is 6. The van der Waals surface area contributed by atoms with Crippen molar-refractivity contribution in [3.05, 3.63) is 77.8 Å². The Morgan fingerprint density at radius 2 is 1.82 bits per heavy atom. The first-order valence-electron chi connectivity index (χ1n) is 11.2. The lowest BCUT2D eigenvalue weighted by atomic mass is 9.84. The second kappa shape index (κ2) is 9.75. The van der Waals surface area contributed by atoms with Gasteiger partial charge in [-0.15, -0.1) is 0 Å². The molecular formula is C26H26F3N3O2. The van der Waals surface area contributed by atoms with E-state index in [1.165, 1.54) is 11.6 Å². The van der Waals surface area contributed by atoms with E-state index < -0.39 is 23.9 Å². The number of hydrogen-bond acceptors (Lipinski definition) is 4. The van der Waals surface area contributed by atoms with E-state index in [1.54, 1.807) is 19.2 Å². The first-order chi connectivity index (χ1) is 16.2. The third kappa shape index (κ3) is 5.68. The van der Waals surface area contributed by atoms with Gasteiger partial charge in [-0.05, 0) is 73.1 Å². The van der Waals surface area contributed by atoms with E-state index in [2.05, 4.69) is 33.8 Å². The lowest BCUT2D eigenvalue weighted by Crippen LogP contribution is -2.38. The molecule has 0 radical (unpaired) electrons. The third-order valence-electron chi connectivity index (χ3n) is 6.18. The van der Waals surface area contributed by atoms with Gasteiger partial charge in [-0.2, -0.15) is 13.2 Å². The van der Waals surface area contributed by atoms with Crippen molar-refractivity contribution in [2.45, 2.75) is 44.8 Å². The topological polar surface area (TPSA) is 74.2 Å². The summed E-state index contributed by atoms with van der Waals surface area (Å²) in [4.78, 5) is 15.3. The zero-order valence-corrected chi connectivity index (χ0v) is 18.7. The molecule has 2 aliphatic rings. The van der Waals surface area contributed by atoms with Crippen molar-refractivity contribution >= 4 is 17.4 Å². The SMILES string of the molecule is CC1NC(C(F)(F)F)=CC=C1Nc1ccc(-c2ccc(C3=CC[C@@H](CC(=O)O)CC3)cc2)cn1. The number of alkyl halides is 3. The molecule has 1 aliphatic carbocycles. The molecule has 5 nitrogen and oxygen atoms in total. The van der Waals surface area contributed by atoms with Crippen molar-refractivity contribution in [2.24, 2.45) is 5.92 Å². The second-order valence-electron chi connectivity index (χ2n) is 8.67. The highest BCUT2D eigenvalue weighted by Crippen LogP contribution is 2.33. The highest BCUT2D eigenvalue weighted by Gasteiger charge is 2.36. The number of allylic oxidation sites excluding steroid dienone is 5. The molecule has 0 saturated carbocycles. The number of anilines is 1.